The van der Waals surface area contributed by atoms with Crippen LogP contribution in [0.2, 0.25) is 0 Å². The average Bonchev–Trinajstić information content (AvgIpc) is 2.75. The Hall–Kier alpha value is -1.57. The molecule has 1 amide bonds. The van der Waals surface area contributed by atoms with Crippen LogP contribution in [0.4, 0.5) is 13.2 Å². The van der Waals surface area contributed by atoms with Crippen LogP contribution >= 0.6 is 0 Å². The van der Waals surface area contributed by atoms with Crippen LogP contribution in [0.5, 0.6) is 0 Å². The third-order valence-corrected chi connectivity index (χ3v) is 3.00. The number of hydrogen-bond acceptors (Lipinski definition) is 3. The first-order valence-corrected chi connectivity index (χ1v) is 6.29. The van der Waals surface area contributed by atoms with Crippen LogP contribution in [0.1, 0.15) is 19.5 Å². The number of ether oxygens (including phenoxy) is 1. The van der Waals surface area contributed by atoms with Crippen molar-refractivity contribution in [3.8, 4) is 0 Å². The molecule has 2 heterocycles. The number of amides is 1. The first-order valence-electron chi connectivity index (χ1n) is 6.29. The molecule has 0 bridgehead atoms. The summed E-state index contributed by atoms with van der Waals surface area (Å²) >= 11 is 0. The maximum atomic E-state index is 12.4. The van der Waals surface area contributed by atoms with Crippen LogP contribution in [-0.4, -0.2) is 45.9 Å². The Bertz CT molecular complexity index is 477. The first-order chi connectivity index (χ1) is 9.25. The van der Waals surface area contributed by atoms with Crippen molar-refractivity contribution < 1.29 is 22.7 Å². The normalized spacial score (nSPS) is 23.9. The smallest absolute Gasteiger partial charge is 0.372 e. The highest BCUT2D eigenvalue weighted by Crippen LogP contribution is 2.27. The lowest BCUT2D eigenvalue weighted by atomic mass is 10.2. The molecule has 0 radical (unpaired) electrons. The van der Waals surface area contributed by atoms with Crippen molar-refractivity contribution in [2.24, 2.45) is 0 Å². The zero-order chi connectivity index (χ0) is 14.9. The van der Waals surface area contributed by atoms with Gasteiger partial charge in [-0.1, -0.05) is 0 Å². The van der Waals surface area contributed by atoms with E-state index in [0.717, 1.165) is 16.9 Å². The lowest BCUT2D eigenvalue weighted by Gasteiger charge is -2.35. The van der Waals surface area contributed by atoms with Crippen molar-refractivity contribution in [1.29, 1.82) is 0 Å². The van der Waals surface area contributed by atoms with Gasteiger partial charge in [-0.05, 0) is 19.9 Å². The number of nitrogens with zero attached hydrogens (tertiary/aromatic N) is 3. The molecule has 1 fully saturated rings. The van der Waals surface area contributed by atoms with E-state index in [1.165, 1.54) is 0 Å². The van der Waals surface area contributed by atoms with Gasteiger partial charge in [0.05, 0.1) is 12.2 Å². The molecule has 0 aliphatic carbocycles. The van der Waals surface area contributed by atoms with Crippen LogP contribution < -0.4 is 0 Å². The van der Waals surface area contributed by atoms with Gasteiger partial charge in [-0.25, -0.2) is 0 Å². The fraction of sp³-hybridized carbons (Fsp3) is 0.667. The molecule has 1 aromatic rings. The highest BCUT2D eigenvalue weighted by molar-refractivity contribution is 5.76. The third kappa shape index (κ3) is 3.50. The Morgan fingerprint density at radius 2 is 2.00 bits per heavy atom. The maximum Gasteiger partial charge on any atom is 0.435 e. The van der Waals surface area contributed by atoms with Gasteiger partial charge in [-0.3, -0.25) is 9.48 Å². The quantitative estimate of drug-likeness (QED) is 0.830. The van der Waals surface area contributed by atoms with Crippen molar-refractivity contribution in [2.45, 2.75) is 38.8 Å². The summed E-state index contributed by atoms with van der Waals surface area (Å²) in [6, 6.07) is 0.859. The van der Waals surface area contributed by atoms with Crippen LogP contribution in [0.25, 0.3) is 0 Å². The molecule has 2 rings (SSSR count). The first kappa shape index (κ1) is 14.8. The summed E-state index contributed by atoms with van der Waals surface area (Å²) in [5.74, 6) is -0.260. The Labute approximate surface area is 114 Å². The lowest BCUT2D eigenvalue weighted by molar-refractivity contribution is -0.145. The van der Waals surface area contributed by atoms with E-state index in [1.54, 1.807) is 4.90 Å². The fourth-order valence-corrected chi connectivity index (χ4v) is 2.22. The molecule has 1 aromatic heterocycles. The molecule has 5 nitrogen and oxygen atoms in total. The van der Waals surface area contributed by atoms with Gasteiger partial charge < -0.3 is 9.64 Å². The molecule has 20 heavy (non-hydrogen) atoms. The number of carbonyl (C=O) groups excluding carboxylic acids is 1. The fourth-order valence-electron chi connectivity index (χ4n) is 2.22. The van der Waals surface area contributed by atoms with Crippen molar-refractivity contribution in [3.05, 3.63) is 18.0 Å². The Morgan fingerprint density at radius 3 is 2.50 bits per heavy atom. The monoisotopic (exact) mass is 291 g/mol. The molecule has 1 aliphatic rings. The minimum Gasteiger partial charge on any atom is -0.372 e. The average molecular weight is 291 g/mol. The van der Waals surface area contributed by atoms with Crippen molar-refractivity contribution in [3.63, 3.8) is 0 Å². The standard InChI is InChI=1S/C12H16F3N3O2/c1-8-5-17(6-9(2)20-8)11(19)7-18-4-3-10(16-18)12(13,14)15/h3-4,8-9H,5-7H2,1-2H3. The Balaban J connectivity index is 1.99. The van der Waals surface area contributed by atoms with Gasteiger partial charge in [0, 0.05) is 19.3 Å². The van der Waals surface area contributed by atoms with Crippen LogP contribution in [0, 0.1) is 0 Å². The number of carbonyl (C=O) groups is 1. The number of alkyl halides is 3. The van der Waals surface area contributed by atoms with E-state index < -0.39 is 11.9 Å². The lowest BCUT2D eigenvalue weighted by Crippen LogP contribution is -2.49. The van der Waals surface area contributed by atoms with E-state index >= 15 is 0 Å². The molecule has 1 aliphatic heterocycles. The summed E-state index contributed by atoms with van der Waals surface area (Å²) < 4.78 is 43.7. The predicted octanol–water partition coefficient (Wildman–Crippen LogP) is 1.54. The van der Waals surface area contributed by atoms with Gasteiger partial charge >= 0.3 is 6.18 Å². The number of rotatable bonds is 2. The summed E-state index contributed by atoms with van der Waals surface area (Å²) in [4.78, 5) is 13.6. The summed E-state index contributed by atoms with van der Waals surface area (Å²) in [6.45, 7) is 4.39. The molecule has 2 atom stereocenters. The SMILES string of the molecule is CC1CN(C(=O)Cn2ccc(C(F)(F)F)n2)CC(C)O1. The van der Waals surface area contributed by atoms with E-state index in [1.807, 2.05) is 13.8 Å². The van der Waals surface area contributed by atoms with Gasteiger partial charge in [-0.15, -0.1) is 0 Å². The van der Waals surface area contributed by atoms with Gasteiger partial charge in [-0.2, -0.15) is 18.3 Å². The second-order valence-electron chi connectivity index (χ2n) is 4.95. The summed E-state index contributed by atoms with van der Waals surface area (Å²) in [5, 5.41) is 3.37. The molecule has 0 aromatic carbocycles. The molecule has 8 heteroatoms. The van der Waals surface area contributed by atoms with E-state index in [2.05, 4.69) is 5.10 Å². The molecular formula is C12H16F3N3O2. The molecule has 112 valence electrons. The van der Waals surface area contributed by atoms with E-state index in [0.29, 0.717) is 13.1 Å². The van der Waals surface area contributed by atoms with Crippen LogP contribution in [0.15, 0.2) is 12.3 Å². The molecular weight excluding hydrogens is 275 g/mol. The van der Waals surface area contributed by atoms with Crippen LogP contribution in [-0.2, 0) is 22.3 Å². The van der Waals surface area contributed by atoms with Crippen molar-refractivity contribution in [1.82, 2.24) is 14.7 Å². The molecule has 0 spiro atoms. The highest BCUT2D eigenvalue weighted by Gasteiger charge is 2.34. The molecule has 0 N–H and O–H groups in total. The van der Waals surface area contributed by atoms with Crippen molar-refractivity contribution in [2.75, 3.05) is 13.1 Å². The summed E-state index contributed by atoms with van der Waals surface area (Å²) in [6.07, 6.45) is -3.48. The second-order valence-corrected chi connectivity index (χ2v) is 4.95. The van der Waals surface area contributed by atoms with Gasteiger partial charge in [0.25, 0.3) is 0 Å². The Morgan fingerprint density at radius 1 is 1.40 bits per heavy atom. The minimum atomic E-state index is -4.49. The van der Waals surface area contributed by atoms with Gasteiger partial charge in [0.2, 0.25) is 5.91 Å². The van der Waals surface area contributed by atoms with Gasteiger partial charge in [0.1, 0.15) is 6.54 Å². The minimum absolute atomic E-state index is 0.0777. The van der Waals surface area contributed by atoms with Gasteiger partial charge in [0.15, 0.2) is 5.69 Å². The largest absolute Gasteiger partial charge is 0.435 e. The van der Waals surface area contributed by atoms with E-state index in [-0.39, 0.29) is 24.7 Å². The molecule has 0 saturated carbocycles. The van der Waals surface area contributed by atoms with Crippen LogP contribution in [0.3, 0.4) is 0 Å². The Kier molecular flexibility index (Phi) is 4.03. The number of hydrogen-bond donors (Lipinski definition) is 0. The maximum absolute atomic E-state index is 12.4. The number of morpholine rings is 1. The van der Waals surface area contributed by atoms with Crippen molar-refractivity contribution >= 4 is 5.91 Å². The van der Waals surface area contributed by atoms with E-state index in [4.69, 9.17) is 4.74 Å². The zero-order valence-electron chi connectivity index (χ0n) is 11.2. The number of halogens is 3. The topological polar surface area (TPSA) is 47.4 Å². The summed E-state index contributed by atoms with van der Waals surface area (Å²) in [7, 11) is 0. The highest BCUT2D eigenvalue weighted by atomic mass is 19.4. The predicted molar refractivity (Wildman–Crippen MR) is 63.8 cm³/mol. The zero-order valence-corrected chi connectivity index (χ0v) is 11.2. The van der Waals surface area contributed by atoms with E-state index in [9.17, 15) is 18.0 Å². The third-order valence-electron chi connectivity index (χ3n) is 3.00. The molecule has 2 unspecified atom stereocenters. The second kappa shape index (κ2) is 5.43. The number of aromatic nitrogens is 2. The molecule has 1 saturated heterocycles. The summed E-state index contributed by atoms with van der Waals surface area (Å²) in [5.41, 5.74) is -0.992.